The van der Waals surface area contributed by atoms with Gasteiger partial charge in [-0.15, -0.1) is 12.4 Å². The molecule has 0 aliphatic carbocycles. The van der Waals surface area contributed by atoms with Crippen molar-refractivity contribution >= 4 is 18.3 Å². The van der Waals surface area contributed by atoms with Gasteiger partial charge in [-0.3, -0.25) is 4.79 Å². The van der Waals surface area contributed by atoms with E-state index in [2.05, 4.69) is 22.8 Å². The Labute approximate surface area is 133 Å². The summed E-state index contributed by atoms with van der Waals surface area (Å²) in [7, 11) is 1.68. The maximum Gasteiger partial charge on any atom is 0.223 e. The number of benzene rings is 1. The van der Waals surface area contributed by atoms with E-state index in [4.69, 9.17) is 4.74 Å². The molecule has 0 saturated carbocycles. The second kappa shape index (κ2) is 9.64. The molecule has 118 valence electrons. The minimum atomic E-state index is 0. The summed E-state index contributed by atoms with van der Waals surface area (Å²) < 4.78 is 5.20. The third-order valence-electron chi connectivity index (χ3n) is 3.79. The van der Waals surface area contributed by atoms with Gasteiger partial charge in [0.2, 0.25) is 5.91 Å². The summed E-state index contributed by atoms with van der Waals surface area (Å²) in [6.45, 7) is 2.67. The molecule has 0 bridgehead atoms. The zero-order valence-corrected chi connectivity index (χ0v) is 13.4. The molecule has 1 aliphatic rings. The number of methoxy groups -OCH3 is 1. The standard InChI is InChI=1S/C16H24N2O2.ClH/c1-20-15-6-2-4-13(12-15)5-3-9-18-16(19)14-7-10-17-11-8-14;/h2,4,6,12,14,17H,3,5,7-11H2,1H3,(H,18,19);1H. The Morgan fingerprint density at radius 3 is 2.86 bits per heavy atom. The number of piperidine rings is 1. The molecule has 0 atom stereocenters. The molecule has 1 amide bonds. The molecule has 0 unspecified atom stereocenters. The Balaban J connectivity index is 0.00000220. The summed E-state index contributed by atoms with van der Waals surface area (Å²) >= 11 is 0. The Kier molecular flexibility index (Phi) is 8.16. The summed E-state index contributed by atoms with van der Waals surface area (Å²) in [4.78, 5) is 12.0. The minimum absolute atomic E-state index is 0. The minimum Gasteiger partial charge on any atom is -0.497 e. The zero-order valence-electron chi connectivity index (χ0n) is 12.6. The summed E-state index contributed by atoms with van der Waals surface area (Å²) in [6, 6.07) is 8.09. The number of hydrogen-bond acceptors (Lipinski definition) is 3. The number of halogens is 1. The smallest absolute Gasteiger partial charge is 0.223 e. The maximum atomic E-state index is 12.0. The van der Waals surface area contributed by atoms with Gasteiger partial charge in [0.25, 0.3) is 0 Å². The van der Waals surface area contributed by atoms with Crippen LogP contribution in [0.15, 0.2) is 24.3 Å². The quantitative estimate of drug-likeness (QED) is 0.792. The molecule has 1 fully saturated rings. The van der Waals surface area contributed by atoms with Crippen LogP contribution in [0.1, 0.15) is 24.8 Å². The highest BCUT2D eigenvalue weighted by molar-refractivity contribution is 5.85. The summed E-state index contributed by atoms with van der Waals surface area (Å²) in [5.74, 6) is 1.31. The Bertz CT molecular complexity index is 434. The molecule has 5 heteroatoms. The molecular weight excluding hydrogens is 288 g/mol. The summed E-state index contributed by atoms with van der Waals surface area (Å²) in [5, 5.41) is 6.33. The fraction of sp³-hybridized carbons (Fsp3) is 0.562. The van der Waals surface area contributed by atoms with E-state index >= 15 is 0 Å². The average molecular weight is 313 g/mol. The number of ether oxygens (including phenoxy) is 1. The lowest BCUT2D eigenvalue weighted by atomic mass is 9.97. The zero-order chi connectivity index (χ0) is 14.2. The Hall–Kier alpha value is -1.26. The monoisotopic (exact) mass is 312 g/mol. The van der Waals surface area contributed by atoms with Gasteiger partial charge in [-0.05, 0) is 56.5 Å². The number of carbonyl (C=O) groups is 1. The third kappa shape index (κ3) is 5.94. The molecule has 1 aromatic rings. The van der Waals surface area contributed by atoms with Gasteiger partial charge in [0.15, 0.2) is 0 Å². The van der Waals surface area contributed by atoms with E-state index in [0.29, 0.717) is 0 Å². The largest absolute Gasteiger partial charge is 0.497 e. The summed E-state index contributed by atoms with van der Waals surface area (Å²) in [5.41, 5.74) is 1.25. The van der Waals surface area contributed by atoms with E-state index in [1.165, 1.54) is 5.56 Å². The fourth-order valence-electron chi connectivity index (χ4n) is 2.56. The lowest BCUT2D eigenvalue weighted by molar-refractivity contribution is -0.125. The SMILES string of the molecule is COc1cccc(CCCNC(=O)C2CCNCC2)c1.Cl. The molecule has 0 aromatic heterocycles. The van der Waals surface area contributed by atoms with Crippen molar-refractivity contribution in [2.24, 2.45) is 5.92 Å². The Morgan fingerprint density at radius 2 is 2.14 bits per heavy atom. The van der Waals surface area contributed by atoms with Crippen LogP contribution < -0.4 is 15.4 Å². The van der Waals surface area contributed by atoms with E-state index in [0.717, 1.165) is 51.1 Å². The molecule has 0 spiro atoms. The van der Waals surface area contributed by atoms with Crippen LogP contribution in [0.4, 0.5) is 0 Å². The van der Waals surface area contributed by atoms with Crippen molar-refractivity contribution in [2.75, 3.05) is 26.7 Å². The van der Waals surface area contributed by atoms with Gasteiger partial charge in [0.1, 0.15) is 5.75 Å². The first-order chi connectivity index (χ1) is 9.79. The highest BCUT2D eigenvalue weighted by Crippen LogP contribution is 2.14. The van der Waals surface area contributed by atoms with Crippen molar-refractivity contribution in [3.63, 3.8) is 0 Å². The van der Waals surface area contributed by atoms with Crippen LogP contribution in [0.5, 0.6) is 5.75 Å². The van der Waals surface area contributed by atoms with Crippen molar-refractivity contribution in [1.29, 1.82) is 0 Å². The highest BCUT2D eigenvalue weighted by Gasteiger charge is 2.19. The van der Waals surface area contributed by atoms with Gasteiger partial charge >= 0.3 is 0 Å². The molecule has 0 radical (unpaired) electrons. The average Bonchev–Trinajstić information content (AvgIpc) is 2.52. The first-order valence-electron chi connectivity index (χ1n) is 7.41. The number of hydrogen-bond donors (Lipinski definition) is 2. The van der Waals surface area contributed by atoms with Crippen molar-refractivity contribution in [2.45, 2.75) is 25.7 Å². The molecule has 1 aliphatic heterocycles. The number of rotatable bonds is 6. The number of carbonyl (C=O) groups excluding carboxylic acids is 1. The van der Waals surface area contributed by atoms with Crippen molar-refractivity contribution < 1.29 is 9.53 Å². The van der Waals surface area contributed by atoms with Gasteiger partial charge in [-0.25, -0.2) is 0 Å². The maximum absolute atomic E-state index is 12.0. The predicted octanol–water partition coefficient (Wildman–Crippen LogP) is 2.17. The topological polar surface area (TPSA) is 50.4 Å². The fourth-order valence-corrected chi connectivity index (χ4v) is 2.56. The van der Waals surface area contributed by atoms with Gasteiger partial charge < -0.3 is 15.4 Å². The molecule has 1 aromatic carbocycles. The van der Waals surface area contributed by atoms with Crippen LogP contribution in [0.2, 0.25) is 0 Å². The predicted molar refractivity (Wildman–Crippen MR) is 87.2 cm³/mol. The first-order valence-corrected chi connectivity index (χ1v) is 7.41. The van der Waals surface area contributed by atoms with Crippen LogP contribution in [0.25, 0.3) is 0 Å². The molecule has 1 heterocycles. The molecule has 4 nitrogen and oxygen atoms in total. The number of amides is 1. The molecule has 2 N–H and O–H groups in total. The molecule has 1 saturated heterocycles. The van der Waals surface area contributed by atoms with Crippen LogP contribution in [0, 0.1) is 5.92 Å². The van der Waals surface area contributed by atoms with Crippen LogP contribution in [0.3, 0.4) is 0 Å². The van der Waals surface area contributed by atoms with Crippen molar-refractivity contribution in [3.8, 4) is 5.75 Å². The van der Waals surface area contributed by atoms with E-state index < -0.39 is 0 Å². The van der Waals surface area contributed by atoms with Gasteiger partial charge in [0, 0.05) is 12.5 Å². The van der Waals surface area contributed by atoms with Gasteiger partial charge in [-0.2, -0.15) is 0 Å². The molecular formula is C16H25ClN2O2. The Morgan fingerprint density at radius 1 is 1.38 bits per heavy atom. The summed E-state index contributed by atoms with van der Waals surface area (Å²) in [6.07, 6.45) is 3.84. The highest BCUT2D eigenvalue weighted by atomic mass is 35.5. The first kappa shape index (κ1) is 17.8. The lowest BCUT2D eigenvalue weighted by Gasteiger charge is -2.21. The second-order valence-corrected chi connectivity index (χ2v) is 5.27. The molecule has 21 heavy (non-hydrogen) atoms. The van der Waals surface area contributed by atoms with E-state index in [-0.39, 0.29) is 24.2 Å². The van der Waals surface area contributed by atoms with Crippen LogP contribution in [-0.4, -0.2) is 32.7 Å². The van der Waals surface area contributed by atoms with Crippen molar-refractivity contribution in [3.05, 3.63) is 29.8 Å². The van der Waals surface area contributed by atoms with Gasteiger partial charge in [0.05, 0.1) is 7.11 Å². The van der Waals surface area contributed by atoms with Crippen LogP contribution in [-0.2, 0) is 11.2 Å². The normalized spacial score (nSPS) is 15.1. The third-order valence-corrected chi connectivity index (χ3v) is 3.79. The second-order valence-electron chi connectivity index (χ2n) is 5.27. The van der Waals surface area contributed by atoms with Crippen LogP contribution >= 0.6 is 12.4 Å². The lowest BCUT2D eigenvalue weighted by Crippen LogP contribution is -2.38. The van der Waals surface area contributed by atoms with E-state index in [1.54, 1.807) is 7.11 Å². The molecule has 2 rings (SSSR count). The number of aryl methyl sites for hydroxylation is 1. The number of nitrogens with one attached hydrogen (secondary N) is 2. The van der Waals surface area contributed by atoms with E-state index in [1.807, 2.05) is 12.1 Å². The van der Waals surface area contributed by atoms with Crippen molar-refractivity contribution in [1.82, 2.24) is 10.6 Å². The van der Waals surface area contributed by atoms with Gasteiger partial charge in [-0.1, -0.05) is 12.1 Å². The van der Waals surface area contributed by atoms with E-state index in [9.17, 15) is 4.79 Å².